The molecule has 5 heteroatoms. The molecule has 0 saturated carbocycles. The van der Waals surface area contributed by atoms with Crippen LogP contribution < -0.4 is 5.73 Å². The molecule has 1 heterocycles. The minimum atomic E-state index is 0. The van der Waals surface area contributed by atoms with Gasteiger partial charge in [-0.25, -0.2) is 0 Å². The number of guanidine groups is 1. The zero-order valence-corrected chi connectivity index (χ0v) is 14.6. The normalized spacial score (nSPS) is 16.9. The van der Waals surface area contributed by atoms with E-state index in [-0.39, 0.29) is 24.0 Å². The van der Waals surface area contributed by atoms with Gasteiger partial charge in [0.05, 0.1) is 0 Å². The van der Waals surface area contributed by atoms with Crippen molar-refractivity contribution in [1.82, 2.24) is 4.90 Å². The molecule has 1 saturated heterocycles. The number of hydrogen-bond donors (Lipinski definition) is 1. The Hall–Kier alpha value is -0.0400. The Morgan fingerprint density at radius 3 is 2.37 bits per heavy atom. The summed E-state index contributed by atoms with van der Waals surface area (Å²) in [6.07, 6.45) is 8.47. The molecule has 0 aromatic rings. The van der Waals surface area contributed by atoms with Crippen LogP contribution in [0.15, 0.2) is 4.99 Å². The van der Waals surface area contributed by atoms with Gasteiger partial charge in [0.2, 0.25) is 0 Å². The fourth-order valence-electron chi connectivity index (χ4n) is 2.11. The maximum absolute atomic E-state index is 6.02. The van der Waals surface area contributed by atoms with Crippen molar-refractivity contribution in [3.8, 4) is 0 Å². The Bertz CT molecular complexity index is 229. The van der Waals surface area contributed by atoms with E-state index < -0.39 is 0 Å². The van der Waals surface area contributed by atoms with Crippen LogP contribution in [0.3, 0.4) is 0 Å². The van der Waals surface area contributed by atoms with Crippen LogP contribution in [0.2, 0.25) is 0 Å². The fraction of sp³-hybridized carbons (Fsp3) is 0.929. The van der Waals surface area contributed by atoms with Gasteiger partial charge in [0.25, 0.3) is 0 Å². The van der Waals surface area contributed by atoms with Crippen molar-refractivity contribution in [2.45, 2.75) is 51.9 Å². The Morgan fingerprint density at radius 1 is 1.11 bits per heavy atom. The third-order valence-electron chi connectivity index (χ3n) is 3.29. The Labute approximate surface area is 135 Å². The number of hydrogen-bond acceptors (Lipinski definition) is 2. The summed E-state index contributed by atoms with van der Waals surface area (Å²) in [5.74, 6) is 0.727. The van der Waals surface area contributed by atoms with Gasteiger partial charge in [-0.15, -0.1) is 24.0 Å². The molecule has 0 unspecified atom stereocenters. The molecule has 1 fully saturated rings. The largest absolute Gasteiger partial charge is 0.381 e. The molecule has 0 spiro atoms. The smallest absolute Gasteiger partial charge is 0.191 e. The van der Waals surface area contributed by atoms with E-state index in [2.05, 4.69) is 16.8 Å². The highest BCUT2D eigenvalue weighted by atomic mass is 127. The van der Waals surface area contributed by atoms with Gasteiger partial charge in [-0.2, -0.15) is 0 Å². The van der Waals surface area contributed by atoms with Crippen molar-refractivity contribution >= 4 is 29.9 Å². The van der Waals surface area contributed by atoms with Crippen LogP contribution in [-0.2, 0) is 4.74 Å². The van der Waals surface area contributed by atoms with Gasteiger partial charge >= 0.3 is 0 Å². The van der Waals surface area contributed by atoms with Crippen molar-refractivity contribution in [2.75, 3.05) is 32.8 Å². The third-order valence-corrected chi connectivity index (χ3v) is 3.29. The maximum Gasteiger partial charge on any atom is 0.191 e. The van der Waals surface area contributed by atoms with Crippen molar-refractivity contribution in [1.29, 1.82) is 0 Å². The molecule has 0 aromatic heterocycles. The van der Waals surface area contributed by atoms with Gasteiger partial charge in [-0.3, -0.25) is 4.99 Å². The number of halogens is 1. The number of nitrogens with zero attached hydrogens (tertiary/aromatic N) is 2. The average Bonchev–Trinajstić information content (AvgIpc) is 2.66. The van der Waals surface area contributed by atoms with E-state index in [0.29, 0.717) is 0 Å². The summed E-state index contributed by atoms with van der Waals surface area (Å²) >= 11 is 0. The second-order valence-corrected chi connectivity index (χ2v) is 4.96. The number of likely N-dealkylation sites (tertiary alicyclic amines) is 1. The monoisotopic (exact) mass is 383 g/mol. The van der Waals surface area contributed by atoms with E-state index in [1.165, 1.54) is 32.1 Å². The maximum atomic E-state index is 6.02. The molecule has 0 amide bonds. The molecule has 1 aliphatic heterocycles. The van der Waals surface area contributed by atoms with E-state index >= 15 is 0 Å². The van der Waals surface area contributed by atoms with Crippen LogP contribution in [0.25, 0.3) is 0 Å². The summed E-state index contributed by atoms with van der Waals surface area (Å²) in [7, 11) is 0. The third kappa shape index (κ3) is 9.49. The first-order valence-electron chi connectivity index (χ1n) is 7.47. The molecule has 114 valence electrons. The van der Waals surface area contributed by atoms with Crippen LogP contribution in [-0.4, -0.2) is 43.7 Å². The molecule has 0 aromatic carbocycles. The van der Waals surface area contributed by atoms with E-state index in [0.717, 1.165) is 51.6 Å². The molecule has 1 aliphatic rings. The molecule has 0 aliphatic carbocycles. The summed E-state index contributed by atoms with van der Waals surface area (Å²) < 4.78 is 5.50. The number of unbranched alkanes of at least 4 members (excludes halogenated alkanes) is 1. The first kappa shape index (κ1) is 19.0. The van der Waals surface area contributed by atoms with Crippen LogP contribution in [0.1, 0.15) is 51.9 Å². The molecule has 2 N–H and O–H groups in total. The highest BCUT2D eigenvalue weighted by Gasteiger charge is 2.10. The van der Waals surface area contributed by atoms with Crippen LogP contribution >= 0.6 is 24.0 Å². The molecule has 0 bridgehead atoms. The van der Waals surface area contributed by atoms with E-state index in [1.807, 2.05) is 0 Å². The summed E-state index contributed by atoms with van der Waals surface area (Å²) in [5.41, 5.74) is 6.02. The predicted octanol–water partition coefficient (Wildman–Crippen LogP) is 3.00. The van der Waals surface area contributed by atoms with E-state index in [4.69, 9.17) is 10.5 Å². The molecule has 1 rings (SSSR count). The average molecular weight is 383 g/mol. The number of rotatable bonds is 7. The standard InChI is InChI=1S/C14H29N3O.HI/c1-2-3-12-18-13-8-9-16-14(15)17-10-6-4-5-7-11-17;/h2-13H2,1H3,(H2,15,16);1H. The lowest BCUT2D eigenvalue weighted by atomic mass is 10.2. The molecule has 4 nitrogen and oxygen atoms in total. The van der Waals surface area contributed by atoms with Gasteiger partial charge in [0, 0.05) is 32.8 Å². The highest BCUT2D eigenvalue weighted by Crippen LogP contribution is 2.09. The van der Waals surface area contributed by atoms with E-state index in [9.17, 15) is 0 Å². The zero-order chi connectivity index (χ0) is 13.1. The van der Waals surface area contributed by atoms with Crippen LogP contribution in [0.4, 0.5) is 0 Å². The Kier molecular flexibility index (Phi) is 12.9. The highest BCUT2D eigenvalue weighted by molar-refractivity contribution is 14.0. The number of nitrogens with two attached hydrogens (primary N) is 1. The van der Waals surface area contributed by atoms with Crippen molar-refractivity contribution in [2.24, 2.45) is 10.7 Å². The van der Waals surface area contributed by atoms with Gasteiger partial charge in [0.1, 0.15) is 0 Å². The van der Waals surface area contributed by atoms with Crippen molar-refractivity contribution < 1.29 is 4.74 Å². The molecule has 0 atom stereocenters. The second kappa shape index (κ2) is 13.0. The summed E-state index contributed by atoms with van der Waals surface area (Å²) in [5, 5.41) is 0. The Morgan fingerprint density at radius 2 is 1.74 bits per heavy atom. The van der Waals surface area contributed by atoms with Gasteiger partial charge in [0.15, 0.2) is 5.96 Å². The van der Waals surface area contributed by atoms with Crippen LogP contribution in [0, 0.1) is 0 Å². The molecule has 0 radical (unpaired) electrons. The van der Waals surface area contributed by atoms with Crippen molar-refractivity contribution in [3.05, 3.63) is 0 Å². The van der Waals surface area contributed by atoms with Gasteiger partial charge in [-0.1, -0.05) is 26.2 Å². The molecular formula is C14H30IN3O. The van der Waals surface area contributed by atoms with E-state index in [1.54, 1.807) is 0 Å². The fourth-order valence-corrected chi connectivity index (χ4v) is 2.11. The minimum Gasteiger partial charge on any atom is -0.381 e. The van der Waals surface area contributed by atoms with Gasteiger partial charge in [-0.05, 0) is 25.7 Å². The zero-order valence-electron chi connectivity index (χ0n) is 12.3. The Balaban J connectivity index is 0.00000324. The predicted molar refractivity (Wildman–Crippen MR) is 92.3 cm³/mol. The topological polar surface area (TPSA) is 50.9 Å². The van der Waals surface area contributed by atoms with Gasteiger partial charge < -0.3 is 15.4 Å². The number of aliphatic imine (C=N–C) groups is 1. The van der Waals surface area contributed by atoms with Crippen LogP contribution in [0.5, 0.6) is 0 Å². The first-order valence-corrected chi connectivity index (χ1v) is 7.47. The molecular weight excluding hydrogens is 353 g/mol. The number of ether oxygens (including phenoxy) is 1. The first-order chi connectivity index (χ1) is 8.84. The summed E-state index contributed by atoms with van der Waals surface area (Å²) in [6, 6.07) is 0. The quantitative estimate of drug-likeness (QED) is 0.318. The SMILES string of the molecule is CCCCOCCCN=C(N)N1CCCCCC1.I. The summed E-state index contributed by atoms with van der Waals surface area (Å²) in [4.78, 5) is 6.67. The minimum absolute atomic E-state index is 0. The lowest BCUT2D eigenvalue weighted by Gasteiger charge is -2.21. The van der Waals surface area contributed by atoms with Crippen molar-refractivity contribution in [3.63, 3.8) is 0 Å². The lowest BCUT2D eigenvalue weighted by molar-refractivity contribution is 0.130. The molecule has 19 heavy (non-hydrogen) atoms. The second-order valence-electron chi connectivity index (χ2n) is 4.96. The summed E-state index contributed by atoms with van der Waals surface area (Å²) in [6.45, 7) is 6.78. The lowest BCUT2D eigenvalue weighted by Crippen LogP contribution is -2.38.